The van der Waals surface area contributed by atoms with Crippen molar-refractivity contribution in [2.75, 3.05) is 23.9 Å². The molecular formula is C12H18N4O2. The highest BCUT2D eigenvalue weighted by molar-refractivity contribution is 5.76. The third-order valence-electron chi connectivity index (χ3n) is 3.52. The van der Waals surface area contributed by atoms with Crippen molar-refractivity contribution in [2.24, 2.45) is 11.8 Å². The van der Waals surface area contributed by atoms with E-state index in [1.807, 2.05) is 11.9 Å². The van der Waals surface area contributed by atoms with Crippen molar-refractivity contribution in [1.29, 1.82) is 0 Å². The van der Waals surface area contributed by atoms with Crippen LogP contribution in [0.4, 0.5) is 17.1 Å². The molecule has 0 heterocycles. The minimum Gasteiger partial charge on any atom is -0.369 e. The van der Waals surface area contributed by atoms with Crippen LogP contribution in [0.3, 0.4) is 0 Å². The summed E-state index contributed by atoms with van der Waals surface area (Å²) in [4.78, 5) is 12.7. The van der Waals surface area contributed by atoms with E-state index in [-0.39, 0.29) is 10.6 Å². The van der Waals surface area contributed by atoms with Crippen LogP contribution < -0.4 is 16.2 Å². The van der Waals surface area contributed by atoms with Crippen LogP contribution in [0.1, 0.15) is 19.3 Å². The molecule has 0 saturated heterocycles. The van der Waals surface area contributed by atoms with Crippen molar-refractivity contribution in [1.82, 2.24) is 0 Å². The second-order valence-electron chi connectivity index (χ2n) is 4.75. The van der Waals surface area contributed by atoms with Crippen LogP contribution in [0.25, 0.3) is 0 Å². The van der Waals surface area contributed by atoms with E-state index in [0.29, 0.717) is 17.3 Å². The Hall–Kier alpha value is -1.82. The number of hydrogen-bond acceptors (Lipinski definition) is 5. The van der Waals surface area contributed by atoms with Crippen LogP contribution in [-0.2, 0) is 0 Å². The van der Waals surface area contributed by atoms with Crippen LogP contribution in [0.5, 0.6) is 0 Å². The van der Waals surface area contributed by atoms with E-state index in [0.717, 1.165) is 6.54 Å². The van der Waals surface area contributed by atoms with Crippen molar-refractivity contribution >= 4 is 17.1 Å². The fourth-order valence-corrected chi connectivity index (χ4v) is 2.31. The maximum absolute atomic E-state index is 11.2. The predicted octanol–water partition coefficient (Wildman–Crippen LogP) is 2.12. The van der Waals surface area contributed by atoms with Crippen molar-refractivity contribution in [2.45, 2.75) is 19.3 Å². The highest BCUT2D eigenvalue weighted by Crippen LogP contribution is 2.36. The maximum atomic E-state index is 11.2. The van der Waals surface area contributed by atoms with Gasteiger partial charge in [0.25, 0.3) is 0 Å². The Morgan fingerprint density at radius 1 is 1.56 bits per heavy atom. The number of nitrogen functional groups attached to an aromatic ring is 1. The Kier molecular flexibility index (Phi) is 3.66. The van der Waals surface area contributed by atoms with Gasteiger partial charge in [0.2, 0.25) is 0 Å². The summed E-state index contributed by atoms with van der Waals surface area (Å²) in [7, 11) is 1.89. The molecule has 6 nitrogen and oxygen atoms in total. The van der Waals surface area contributed by atoms with Crippen LogP contribution in [0.15, 0.2) is 18.2 Å². The van der Waals surface area contributed by atoms with Gasteiger partial charge in [0.1, 0.15) is 11.4 Å². The fraction of sp³-hybridized carbons (Fsp3) is 0.500. The molecule has 1 aliphatic carbocycles. The third kappa shape index (κ3) is 2.38. The number of hydrogen-bond donors (Lipinski definition) is 2. The number of anilines is 2. The topological polar surface area (TPSA) is 84.4 Å². The molecule has 0 radical (unpaired) electrons. The summed E-state index contributed by atoms with van der Waals surface area (Å²) >= 11 is 0. The summed E-state index contributed by atoms with van der Waals surface area (Å²) in [6.07, 6.45) is 3.70. The lowest BCUT2D eigenvalue weighted by Gasteiger charge is -2.31. The number of hydrazine groups is 1. The highest BCUT2D eigenvalue weighted by atomic mass is 16.6. The van der Waals surface area contributed by atoms with Gasteiger partial charge in [0.15, 0.2) is 0 Å². The van der Waals surface area contributed by atoms with Crippen LogP contribution in [-0.4, -0.2) is 18.5 Å². The molecule has 0 aromatic heterocycles. The molecule has 1 fully saturated rings. The van der Waals surface area contributed by atoms with Gasteiger partial charge in [-0.25, -0.2) is 0 Å². The second kappa shape index (κ2) is 5.22. The maximum Gasteiger partial charge on any atom is 0.316 e. The number of benzene rings is 1. The average molecular weight is 250 g/mol. The molecule has 1 aliphatic rings. The number of nitro benzene ring substituents is 1. The normalized spacial score (nSPS) is 15.0. The molecule has 2 rings (SSSR count). The second-order valence-corrected chi connectivity index (χ2v) is 4.75. The van der Waals surface area contributed by atoms with Gasteiger partial charge in [-0.3, -0.25) is 16.0 Å². The zero-order chi connectivity index (χ0) is 13.1. The molecule has 98 valence electrons. The molecule has 1 saturated carbocycles. The first kappa shape index (κ1) is 12.6. The molecule has 1 aromatic rings. The van der Waals surface area contributed by atoms with Gasteiger partial charge < -0.3 is 10.3 Å². The number of rotatable bonds is 5. The van der Waals surface area contributed by atoms with Crippen LogP contribution in [0.2, 0.25) is 0 Å². The summed E-state index contributed by atoms with van der Waals surface area (Å²) < 4.78 is 0. The predicted molar refractivity (Wildman–Crippen MR) is 71.5 cm³/mol. The quantitative estimate of drug-likeness (QED) is 0.475. The summed E-state index contributed by atoms with van der Waals surface area (Å²) in [6, 6.07) is 5.14. The third-order valence-corrected chi connectivity index (χ3v) is 3.52. The molecule has 0 aliphatic heterocycles. The zero-order valence-electron chi connectivity index (χ0n) is 10.4. The molecule has 0 bridgehead atoms. The van der Waals surface area contributed by atoms with E-state index in [1.165, 1.54) is 19.3 Å². The van der Waals surface area contributed by atoms with Gasteiger partial charge in [-0.1, -0.05) is 12.5 Å². The van der Waals surface area contributed by atoms with Gasteiger partial charge in [0.05, 0.1) is 4.92 Å². The van der Waals surface area contributed by atoms with Crippen molar-refractivity contribution in [3.8, 4) is 0 Å². The van der Waals surface area contributed by atoms with E-state index >= 15 is 0 Å². The monoisotopic (exact) mass is 250 g/mol. The van der Waals surface area contributed by atoms with Gasteiger partial charge in [-0.15, -0.1) is 0 Å². The number of para-hydroxylation sites is 1. The first-order chi connectivity index (χ1) is 8.63. The first-order valence-electron chi connectivity index (χ1n) is 6.08. The molecular weight excluding hydrogens is 232 g/mol. The van der Waals surface area contributed by atoms with E-state index in [1.54, 1.807) is 18.2 Å². The average Bonchev–Trinajstić information content (AvgIpc) is 2.32. The Morgan fingerprint density at radius 3 is 2.78 bits per heavy atom. The Labute approximate surface area is 106 Å². The standard InChI is InChI=1S/C12H18N4O2/c1-15(8-9-4-2-5-9)11-7-3-6-10(14-13)12(11)16(17)18/h3,6-7,9,14H,2,4-5,8,13H2,1H3. The summed E-state index contributed by atoms with van der Waals surface area (Å²) in [6.45, 7) is 0.856. The fourth-order valence-electron chi connectivity index (χ4n) is 2.31. The summed E-state index contributed by atoms with van der Waals surface area (Å²) in [5.41, 5.74) is 3.39. The molecule has 6 heteroatoms. The molecule has 0 spiro atoms. The van der Waals surface area contributed by atoms with Gasteiger partial charge in [-0.2, -0.15) is 0 Å². The molecule has 0 unspecified atom stereocenters. The molecule has 18 heavy (non-hydrogen) atoms. The Morgan fingerprint density at radius 2 is 2.28 bits per heavy atom. The van der Waals surface area contributed by atoms with Gasteiger partial charge >= 0.3 is 5.69 Å². The highest BCUT2D eigenvalue weighted by Gasteiger charge is 2.25. The van der Waals surface area contributed by atoms with Crippen molar-refractivity contribution in [3.63, 3.8) is 0 Å². The van der Waals surface area contributed by atoms with E-state index < -0.39 is 0 Å². The van der Waals surface area contributed by atoms with Gasteiger partial charge in [0, 0.05) is 13.6 Å². The van der Waals surface area contributed by atoms with E-state index in [4.69, 9.17) is 5.84 Å². The lowest BCUT2D eigenvalue weighted by molar-refractivity contribution is -0.383. The lowest BCUT2D eigenvalue weighted by Crippen LogP contribution is -2.29. The van der Waals surface area contributed by atoms with Crippen LogP contribution in [0, 0.1) is 16.0 Å². The summed E-state index contributed by atoms with van der Waals surface area (Å²) in [5.74, 6) is 5.98. The Bertz CT molecular complexity index is 446. The molecule has 1 aromatic carbocycles. The number of nitro groups is 1. The van der Waals surface area contributed by atoms with Gasteiger partial charge in [-0.05, 0) is 30.9 Å². The molecule has 0 atom stereocenters. The molecule has 0 amide bonds. The molecule has 3 N–H and O–H groups in total. The number of nitrogens with two attached hydrogens (primary N) is 1. The summed E-state index contributed by atoms with van der Waals surface area (Å²) in [5, 5.41) is 11.2. The zero-order valence-corrected chi connectivity index (χ0v) is 10.4. The Balaban J connectivity index is 2.27. The van der Waals surface area contributed by atoms with Crippen LogP contribution >= 0.6 is 0 Å². The smallest absolute Gasteiger partial charge is 0.316 e. The number of nitrogens with one attached hydrogen (secondary N) is 1. The first-order valence-corrected chi connectivity index (χ1v) is 6.08. The van der Waals surface area contributed by atoms with Crippen molar-refractivity contribution in [3.05, 3.63) is 28.3 Å². The largest absolute Gasteiger partial charge is 0.369 e. The SMILES string of the molecule is CN(CC1CCC1)c1cccc(NN)c1[N+](=O)[O-]. The number of nitrogens with zero attached hydrogens (tertiary/aromatic N) is 2. The van der Waals surface area contributed by atoms with Crippen molar-refractivity contribution < 1.29 is 4.92 Å². The minimum atomic E-state index is -0.387. The lowest BCUT2D eigenvalue weighted by atomic mass is 9.85. The minimum absolute atomic E-state index is 0.0434. The van der Waals surface area contributed by atoms with E-state index in [9.17, 15) is 10.1 Å². The van der Waals surface area contributed by atoms with E-state index in [2.05, 4.69) is 5.43 Å².